The summed E-state index contributed by atoms with van der Waals surface area (Å²) < 4.78 is 46.2. The van der Waals surface area contributed by atoms with Crippen LogP contribution in [0.25, 0.3) is 16.5 Å². The highest BCUT2D eigenvalue weighted by Gasteiger charge is 2.23. The van der Waals surface area contributed by atoms with Crippen molar-refractivity contribution in [3.63, 3.8) is 0 Å². The fraction of sp³-hybridized carbons (Fsp3) is 0.200. The Morgan fingerprint density at radius 2 is 1.93 bits per heavy atom. The lowest BCUT2D eigenvalue weighted by Crippen LogP contribution is -2.20. The predicted molar refractivity (Wildman–Crippen MR) is 103 cm³/mol. The molecule has 0 radical (unpaired) electrons. The molecule has 0 spiro atoms. The first-order chi connectivity index (χ1) is 13.0. The van der Waals surface area contributed by atoms with E-state index in [0.29, 0.717) is 11.3 Å². The first-order valence-electron chi connectivity index (χ1n) is 8.61. The van der Waals surface area contributed by atoms with Gasteiger partial charge in [-0.05, 0) is 61.0 Å². The topological polar surface area (TPSA) is 60.3 Å². The number of ether oxygens (including phenoxy) is 1. The highest BCUT2D eigenvalue weighted by atomic mass is 32.2. The average molecular weight is 386 g/mol. The van der Waals surface area contributed by atoms with Gasteiger partial charge in [-0.15, -0.1) is 0 Å². The molecule has 1 aromatic heterocycles. The van der Waals surface area contributed by atoms with Crippen molar-refractivity contribution in [2.24, 2.45) is 0 Å². The molecule has 1 aliphatic heterocycles. The Hall–Kier alpha value is -2.64. The van der Waals surface area contributed by atoms with Crippen molar-refractivity contribution in [1.82, 2.24) is 9.29 Å². The number of hydrogen-bond donors (Lipinski definition) is 1. The zero-order valence-electron chi connectivity index (χ0n) is 14.8. The van der Waals surface area contributed by atoms with Crippen LogP contribution in [0.15, 0.2) is 59.6 Å². The largest absolute Gasteiger partial charge is 0.497 e. The molecule has 0 bridgehead atoms. The van der Waals surface area contributed by atoms with Crippen LogP contribution in [0.1, 0.15) is 12.0 Å². The molecule has 27 heavy (non-hydrogen) atoms. The molecule has 1 aliphatic rings. The van der Waals surface area contributed by atoms with E-state index in [0.717, 1.165) is 48.2 Å². The Kier molecular flexibility index (Phi) is 4.49. The van der Waals surface area contributed by atoms with Gasteiger partial charge in [0.1, 0.15) is 11.6 Å². The summed E-state index contributed by atoms with van der Waals surface area (Å²) in [6.45, 7) is 1.59. The van der Waals surface area contributed by atoms with E-state index in [9.17, 15) is 12.8 Å². The fourth-order valence-corrected chi connectivity index (χ4v) is 4.72. The second-order valence-electron chi connectivity index (χ2n) is 6.36. The number of hydrogen-bond acceptors (Lipinski definition) is 4. The van der Waals surface area contributed by atoms with Crippen molar-refractivity contribution in [3.8, 4) is 5.75 Å². The molecule has 4 rings (SSSR count). The van der Waals surface area contributed by atoms with E-state index in [4.69, 9.17) is 4.74 Å². The lowest BCUT2D eigenvalue weighted by molar-refractivity contribution is 0.415. The van der Waals surface area contributed by atoms with E-state index in [-0.39, 0.29) is 4.90 Å². The molecule has 0 unspecified atom stereocenters. The van der Waals surface area contributed by atoms with Crippen LogP contribution < -0.4 is 10.1 Å². The van der Waals surface area contributed by atoms with E-state index in [2.05, 4.69) is 11.4 Å². The maximum atomic E-state index is 13.2. The summed E-state index contributed by atoms with van der Waals surface area (Å²) in [4.78, 5) is 0.0439. The SMILES string of the molecule is COc1ccc2c(c1)c(C1=CCNCC1)cn2S(=O)(=O)c1ccc(F)cc1. The van der Waals surface area contributed by atoms with Gasteiger partial charge in [-0.1, -0.05) is 6.08 Å². The first kappa shape index (κ1) is 17.8. The molecule has 0 fully saturated rings. The van der Waals surface area contributed by atoms with Crippen molar-refractivity contribution in [2.75, 3.05) is 20.2 Å². The van der Waals surface area contributed by atoms with Crippen LogP contribution in [0.3, 0.4) is 0 Å². The Bertz CT molecular complexity index is 1130. The molecule has 140 valence electrons. The fourth-order valence-electron chi connectivity index (χ4n) is 3.35. The highest BCUT2D eigenvalue weighted by Crippen LogP contribution is 2.34. The van der Waals surface area contributed by atoms with Gasteiger partial charge in [-0.25, -0.2) is 16.8 Å². The van der Waals surface area contributed by atoms with E-state index in [1.54, 1.807) is 25.4 Å². The van der Waals surface area contributed by atoms with Crippen molar-refractivity contribution in [2.45, 2.75) is 11.3 Å². The molecule has 2 heterocycles. The average Bonchev–Trinajstić information content (AvgIpc) is 3.08. The van der Waals surface area contributed by atoms with Gasteiger partial charge in [0.2, 0.25) is 0 Å². The summed E-state index contributed by atoms with van der Waals surface area (Å²) in [6, 6.07) is 10.2. The molecule has 0 saturated carbocycles. The van der Waals surface area contributed by atoms with E-state index in [1.165, 1.54) is 16.1 Å². The van der Waals surface area contributed by atoms with Gasteiger partial charge in [0, 0.05) is 23.7 Å². The van der Waals surface area contributed by atoms with Crippen molar-refractivity contribution in [1.29, 1.82) is 0 Å². The van der Waals surface area contributed by atoms with Gasteiger partial charge in [0.15, 0.2) is 0 Å². The standard InChI is InChI=1S/C20H19FN2O3S/c1-26-16-4-7-20-18(12-16)19(14-8-10-22-11-9-14)13-23(20)27(24,25)17-5-2-15(21)3-6-17/h2-8,12-13,22H,9-11H2,1H3. The number of benzene rings is 2. The normalized spacial score (nSPS) is 15.0. The van der Waals surface area contributed by atoms with Crippen LogP contribution in [0.4, 0.5) is 4.39 Å². The first-order valence-corrected chi connectivity index (χ1v) is 10.0. The third kappa shape index (κ3) is 3.13. The third-order valence-corrected chi connectivity index (χ3v) is 6.45. The van der Waals surface area contributed by atoms with Crippen LogP contribution in [0.2, 0.25) is 0 Å². The molecule has 1 N–H and O–H groups in total. The maximum Gasteiger partial charge on any atom is 0.268 e. The lowest BCUT2D eigenvalue weighted by Gasteiger charge is -2.13. The second kappa shape index (κ2) is 6.83. The number of rotatable bonds is 4. The molecule has 5 nitrogen and oxygen atoms in total. The third-order valence-electron chi connectivity index (χ3n) is 4.76. The summed E-state index contributed by atoms with van der Waals surface area (Å²) in [5, 5.41) is 4.07. The minimum atomic E-state index is -3.85. The van der Waals surface area contributed by atoms with Crippen molar-refractivity contribution >= 4 is 26.5 Å². The van der Waals surface area contributed by atoms with Crippen molar-refractivity contribution in [3.05, 3.63) is 66.1 Å². The number of halogens is 1. The zero-order chi connectivity index (χ0) is 19.0. The number of methoxy groups -OCH3 is 1. The lowest BCUT2D eigenvalue weighted by atomic mass is 10.00. The monoisotopic (exact) mass is 386 g/mol. The van der Waals surface area contributed by atoms with Gasteiger partial charge >= 0.3 is 0 Å². The van der Waals surface area contributed by atoms with Crippen molar-refractivity contribution < 1.29 is 17.5 Å². The summed E-state index contributed by atoms with van der Waals surface area (Å²) in [7, 11) is -2.27. The number of nitrogens with one attached hydrogen (secondary N) is 1. The summed E-state index contributed by atoms with van der Waals surface area (Å²) in [6.07, 6.45) is 4.54. The van der Waals surface area contributed by atoms with Crippen LogP contribution in [-0.4, -0.2) is 32.6 Å². The molecular formula is C20H19FN2O3S. The Morgan fingerprint density at radius 1 is 1.15 bits per heavy atom. The van der Waals surface area contributed by atoms with Gasteiger partial charge in [0.05, 0.1) is 17.5 Å². The Labute approximate surface area is 157 Å². The molecule has 0 saturated heterocycles. The maximum absolute atomic E-state index is 13.2. The van der Waals surface area contributed by atoms with Gasteiger partial charge < -0.3 is 10.1 Å². The summed E-state index contributed by atoms with van der Waals surface area (Å²) >= 11 is 0. The smallest absolute Gasteiger partial charge is 0.268 e. The molecule has 7 heteroatoms. The predicted octanol–water partition coefficient (Wildman–Crippen LogP) is 3.40. The molecule has 3 aromatic rings. The Balaban J connectivity index is 1.95. The summed E-state index contributed by atoms with van der Waals surface area (Å²) in [5.41, 5.74) is 2.53. The number of aromatic nitrogens is 1. The van der Waals surface area contributed by atoms with Gasteiger partial charge in [-0.2, -0.15) is 0 Å². The van der Waals surface area contributed by atoms with E-state index in [1.807, 2.05) is 6.07 Å². The van der Waals surface area contributed by atoms with E-state index < -0.39 is 15.8 Å². The quantitative estimate of drug-likeness (QED) is 0.747. The Morgan fingerprint density at radius 3 is 2.59 bits per heavy atom. The number of fused-ring (bicyclic) bond motifs is 1. The van der Waals surface area contributed by atoms with Crippen LogP contribution >= 0.6 is 0 Å². The molecule has 0 amide bonds. The van der Waals surface area contributed by atoms with Crippen LogP contribution in [-0.2, 0) is 10.0 Å². The zero-order valence-corrected chi connectivity index (χ0v) is 15.6. The van der Waals surface area contributed by atoms with E-state index >= 15 is 0 Å². The number of nitrogens with zero attached hydrogens (tertiary/aromatic N) is 1. The molecule has 0 aliphatic carbocycles. The molecule has 2 aromatic carbocycles. The second-order valence-corrected chi connectivity index (χ2v) is 8.18. The van der Waals surface area contributed by atoms with Crippen LogP contribution in [0.5, 0.6) is 5.75 Å². The van der Waals surface area contributed by atoms with Crippen LogP contribution in [0, 0.1) is 5.82 Å². The molecular weight excluding hydrogens is 367 g/mol. The van der Waals surface area contributed by atoms with Gasteiger partial charge in [0.25, 0.3) is 10.0 Å². The highest BCUT2D eigenvalue weighted by molar-refractivity contribution is 7.90. The minimum Gasteiger partial charge on any atom is -0.497 e. The minimum absolute atomic E-state index is 0.0439. The molecule has 0 atom stereocenters. The van der Waals surface area contributed by atoms with Gasteiger partial charge in [-0.3, -0.25) is 0 Å². The summed E-state index contributed by atoms with van der Waals surface area (Å²) in [5.74, 6) is 0.187.